The highest BCUT2D eigenvalue weighted by Crippen LogP contribution is 2.34. The molecule has 0 radical (unpaired) electrons. The molecule has 6 nitrogen and oxygen atoms in total. The van der Waals surface area contributed by atoms with E-state index in [-0.39, 0.29) is 13.2 Å². The molecule has 0 spiro atoms. The van der Waals surface area contributed by atoms with Crippen LogP contribution in [0.5, 0.6) is 0 Å². The molecule has 0 aliphatic carbocycles. The molecule has 2 N–H and O–H groups in total. The Morgan fingerprint density at radius 3 is 2.31 bits per heavy atom. The summed E-state index contributed by atoms with van der Waals surface area (Å²) in [6, 6.07) is 19.1. The van der Waals surface area contributed by atoms with Crippen LogP contribution in [0.1, 0.15) is 17.4 Å². The van der Waals surface area contributed by atoms with Crippen molar-refractivity contribution in [1.29, 1.82) is 0 Å². The zero-order valence-corrected chi connectivity index (χ0v) is 14.2. The third-order valence-corrected chi connectivity index (χ3v) is 4.66. The number of rotatable bonds is 4. The Labute approximate surface area is 151 Å². The van der Waals surface area contributed by atoms with E-state index >= 15 is 0 Å². The zero-order valence-electron chi connectivity index (χ0n) is 14.2. The molecule has 2 aliphatic heterocycles. The molecule has 2 aromatic carbocycles. The molecule has 2 aromatic rings. The second-order valence-corrected chi connectivity index (χ2v) is 6.50. The first-order valence-electron chi connectivity index (χ1n) is 8.71. The molecule has 2 aliphatic rings. The van der Waals surface area contributed by atoms with Gasteiger partial charge in [0.2, 0.25) is 0 Å². The summed E-state index contributed by atoms with van der Waals surface area (Å²) < 4.78 is 23.1. The maximum absolute atomic E-state index is 10.5. The normalized spacial score (nSPS) is 34.2. The van der Waals surface area contributed by atoms with Gasteiger partial charge in [-0.25, -0.2) is 0 Å². The predicted octanol–water partition coefficient (Wildman–Crippen LogP) is 1.76. The molecule has 26 heavy (non-hydrogen) atoms. The highest BCUT2D eigenvalue weighted by Gasteiger charge is 2.49. The lowest BCUT2D eigenvalue weighted by Gasteiger charge is -2.46. The summed E-state index contributed by atoms with van der Waals surface area (Å²) in [4.78, 5) is 0. The lowest BCUT2D eigenvalue weighted by atomic mass is 9.98. The van der Waals surface area contributed by atoms with Gasteiger partial charge in [-0.2, -0.15) is 0 Å². The fourth-order valence-corrected chi connectivity index (χ4v) is 3.25. The summed E-state index contributed by atoms with van der Waals surface area (Å²) in [6.07, 6.45) is -5.04. The highest BCUT2D eigenvalue weighted by atomic mass is 16.8. The molecule has 2 saturated heterocycles. The molecule has 0 bridgehead atoms. The number of aliphatic hydroxyl groups excluding tert-OH is 2. The lowest BCUT2D eigenvalue weighted by molar-refractivity contribution is -0.362. The van der Waals surface area contributed by atoms with E-state index in [1.165, 1.54) is 0 Å². The molecule has 2 fully saturated rings. The molecule has 6 heteroatoms. The van der Waals surface area contributed by atoms with Crippen LogP contribution >= 0.6 is 0 Å². The van der Waals surface area contributed by atoms with Crippen LogP contribution in [0.15, 0.2) is 60.7 Å². The molecular weight excluding hydrogens is 336 g/mol. The van der Waals surface area contributed by atoms with Crippen LogP contribution in [0.4, 0.5) is 0 Å². The van der Waals surface area contributed by atoms with E-state index in [1.54, 1.807) is 0 Å². The van der Waals surface area contributed by atoms with Crippen molar-refractivity contribution in [1.82, 2.24) is 0 Å². The summed E-state index contributed by atoms with van der Waals surface area (Å²) in [5.41, 5.74) is 1.82. The lowest BCUT2D eigenvalue weighted by Crippen LogP contribution is -2.62. The average Bonchev–Trinajstić information content (AvgIpc) is 2.71. The quantitative estimate of drug-likeness (QED) is 0.867. The van der Waals surface area contributed by atoms with Gasteiger partial charge < -0.3 is 29.2 Å². The van der Waals surface area contributed by atoms with Crippen LogP contribution in [0.3, 0.4) is 0 Å². The summed E-state index contributed by atoms with van der Waals surface area (Å²) in [7, 11) is 0. The molecule has 0 aromatic heterocycles. The van der Waals surface area contributed by atoms with Crippen LogP contribution in [-0.4, -0.2) is 47.5 Å². The van der Waals surface area contributed by atoms with Crippen molar-refractivity contribution in [3.63, 3.8) is 0 Å². The molecule has 6 atom stereocenters. The average molecular weight is 358 g/mol. The topological polar surface area (TPSA) is 77.4 Å². The van der Waals surface area contributed by atoms with Crippen molar-refractivity contribution in [2.75, 3.05) is 6.61 Å². The Balaban J connectivity index is 1.40. The van der Waals surface area contributed by atoms with Gasteiger partial charge in [0.15, 0.2) is 12.6 Å². The van der Waals surface area contributed by atoms with Crippen molar-refractivity contribution in [3.05, 3.63) is 71.8 Å². The third kappa shape index (κ3) is 3.66. The predicted molar refractivity (Wildman–Crippen MR) is 91.9 cm³/mol. The molecule has 0 amide bonds. The number of hydrogen-bond acceptors (Lipinski definition) is 6. The Bertz CT molecular complexity index is 692. The summed E-state index contributed by atoms with van der Waals surface area (Å²) >= 11 is 0. The monoisotopic (exact) mass is 358 g/mol. The zero-order chi connectivity index (χ0) is 17.9. The molecule has 0 saturated carbocycles. The van der Waals surface area contributed by atoms with E-state index in [0.29, 0.717) is 0 Å². The first-order chi connectivity index (χ1) is 12.7. The van der Waals surface area contributed by atoms with E-state index in [0.717, 1.165) is 11.1 Å². The summed E-state index contributed by atoms with van der Waals surface area (Å²) in [6.45, 7) is 0.528. The van der Waals surface area contributed by atoms with Gasteiger partial charge in [-0.3, -0.25) is 0 Å². The second-order valence-electron chi connectivity index (χ2n) is 6.50. The van der Waals surface area contributed by atoms with Gasteiger partial charge in [0, 0.05) is 5.56 Å². The highest BCUT2D eigenvalue weighted by molar-refractivity contribution is 5.17. The van der Waals surface area contributed by atoms with E-state index in [1.807, 2.05) is 60.7 Å². The van der Waals surface area contributed by atoms with Gasteiger partial charge in [0.05, 0.1) is 13.2 Å². The van der Waals surface area contributed by atoms with Crippen LogP contribution < -0.4 is 0 Å². The first-order valence-corrected chi connectivity index (χ1v) is 8.71. The summed E-state index contributed by atoms with van der Waals surface area (Å²) in [5, 5.41) is 20.9. The Kier molecular flexibility index (Phi) is 5.31. The smallest absolute Gasteiger partial charge is 0.187 e. The Hall–Kier alpha value is -1.80. The van der Waals surface area contributed by atoms with Gasteiger partial charge in [0.25, 0.3) is 0 Å². The van der Waals surface area contributed by atoms with Gasteiger partial charge in [-0.15, -0.1) is 0 Å². The molecule has 4 rings (SSSR count). The van der Waals surface area contributed by atoms with E-state index < -0.39 is 37.0 Å². The fraction of sp³-hybridized carbons (Fsp3) is 0.400. The van der Waals surface area contributed by atoms with Crippen molar-refractivity contribution in [3.8, 4) is 0 Å². The second kappa shape index (κ2) is 7.84. The van der Waals surface area contributed by atoms with E-state index in [4.69, 9.17) is 18.9 Å². The Morgan fingerprint density at radius 1 is 0.885 bits per heavy atom. The van der Waals surface area contributed by atoms with Gasteiger partial charge >= 0.3 is 0 Å². The van der Waals surface area contributed by atoms with Gasteiger partial charge in [-0.05, 0) is 5.56 Å². The number of ether oxygens (including phenoxy) is 4. The number of fused-ring (bicyclic) bond motifs is 1. The van der Waals surface area contributed by atoms with Crippen LogP contribution in [0.25, 0.3) is 0 Å². The standard InChI is InChI=1S/C20H22O6/c21-16-17(22)20(23-11-13-7-3-1-4-8-13)25-15-12-24-19(26-18(15)16)14-9-5-2-6-10-14/h1-10,15-22H,11-12H2/t15-,16-,17-,18-,19-,20+/m0/s1. The minimum atomic E-state index is -1.20. The van der Waals surface area contributed by atoms with Gasteiger partial charge in [-0.1, -0.05) is 60.7 Å². The van der Waals surface area contributed by atoms with Crippen LogP contribution in [0, 0.1) is 0 Å². The molecular formula is C20H22O6. The van der Waals surface area contributed by atoms with Crippen molar-refractivity contribution in [2.45, 2.75) is 43.6 Å². The van der Waals surface area contributed by atoms with Crippen LogP contribution in [0.2, 0.25) is 0 Å². The minimum Gasteiger partial charge on any atom is -0.387 e. The van der Waals surface area contributed by atoms with Crippen molar-refractivity contribution >= 4 is 0 Å². The van der Waals surface area contributed by atoms with Crippen molar-refractivity contribution in [2.24, 2.45) is 0 Å². The van der Waals surface area contributed by atoms with Gasteiger partial charge in [0.1, 0.15) is 24.4 Å². The van der Waals surface area contributed by atoms with Crippen molar-refractivity contribution < 1.29 is 29.2 Å². The van der Waals surface area contributed by atoms with Crippen LogP contribution in [-0.2, 0) is 25.6 Å². The Morgan fingerprint density at radius 2 is 1.58 bits per heavy atom. The first kappa shape index (κ1) is 17.6. The van der Waals surface area contributed by atoms with E-state index in [2.05, 4.69) is 0 Å². The molecule has 2 heterocycles. The third-order valence-electron chi connectivity index (χ3n) is 4.66. The molecule has 0 unspecified atom stereocenters. The minimum absolute atomic E-state index is 0.249. The van der Waals surface area contributed by atoms with E-state index in [9.17, 15) is 10.2 Å². The largest absolute Gasteiger partial charge is 0.387 e. The SMILES string of the molecule is O[C@@H]1[C@H](OCc2ccccc2)O[C@H]2CO[C@H](c3ccccc3)O[C@@H]2[C@H]1O. The maximum Gasteiger partial charge on any atom is 0.187 e. The fourth-order valence-electron chi connectivity index (χ4n) is 3.25. The summed E-state index contributed by atoms with van der Waals surface area (Å²) in [5.74, 6) is 0. The number of benzene rings is 2. The number of aliphatic hydroxyl groups is 2. The molecule has 138 valence electrons. The maximum atomic E-state index is 10.5. The number of hydrogen-bond donors (Lipinski definition) is 2.